The first kappa shape index (κ1) is 24.1. The van der Waals surface area contributed by atoms with Crippen LogP contribution in [0.25, 0.3) is 16.7 Å². The maximum Gasteiger partial charge on any atom is 0.295 e. The Hall–Kier alpha value is -4.59. The number of likely N-dealkylation sites (tertiary alicyclic amines) is 1. The Balaban J connectivity index is 1.55. The van der Waals surface area contributed by atoms with Crippen molar-refractivity contribution in [2.45, 2.75) is 12.5 Å². The van der Waals surface area contributed by atoms with E-state index in [1.54, 1.807) is 38.5 Å². The molecule has 8 heteroatoms. The molecule has 0 bridgehead atoms. The predicted molar refractivity (Wildman–Crippen MR) is 137 cm³/mol. The van der Waals surface area contributed by atoms with Gasteiger partial charge in [0.2, 0.25) is 0 Å². The second kappa shape index (κ2) is 9.81. The molecule has 0 saturated carbocycles. The van der Waals surface area contributed by atoms with Gasteiger partial charge in [-0.2, -0.15) is 0 Å². The number of aliphatic hydroxyl groups excluding tert-OH is 1. The number of hydrogen-bond acceptors (Lipinski definition) is 5. The molecule has 2 N–H and O–H groups in total. The quantitative estimate of drug-likeness (QED) is 0.212. The highest BCUT2D eigenvalue weighted by atomic mass is 19.1. The number of aromatic amines is 1. The number of ketones is 1. The lowest BCUT2D eigenvalue weighted by Gasteiger charge is -2.25. The largest absolute Gasteiger partial charge is 0.507 e. The average Bonchev–Trinajstić information content (AvgIpc) is 3.44. The number of nitrogens with one attached hydrogen (secondary N) is 1. The summed E-state index contributed by atoms with van der Waals surface area (Å²) in [6, 6.07) is 17.0. The monoisotopic (exact) mass is 500 g/mol. The topological polar surface area (TPSA) is 91.9 Å². The van der Waals surface area contributed by atoms with Crippen LogP contribution < -0.4 is 9.47 Å². The number of H-pyrrole nitrogens is 1. The Morgan fingerprint density at radius 2 is 1.65 bits per heavy atom. The minimum Gasteiger partial charge on any atom is -0.507 e. The van der Waals surface area contributed by atoms with E-state index in [4.69, 9.17) is 9.47 Å². The van der Waals surface area contributed by atoms with Gasteiger partial charge >= 0.3 is 0 Å². The number of aliphatic hydroxyl groups is 1. The molecule has 3 aromatic carbocycles. The van der Waals surface area contributed by atoms with Crippen LogP contribution >= 0.6 is 0 Å². The molecule has 0 spiro atoms. The third-order valence-corrected chi connectivity index (χ3v) is 6.69. The molecule has 1 fully saturated rings. The summed E-state index contributed by atoms with van der Waals surface area (Å²) in [7, 11) is 3.15. The summed E-state index contributed by atoms with van der Waals surface area (Å²) in [4.78, 5) is 31.2. The number of hydrogen-bond donors (Lipinski definition) is 2. The molecule has 1 atom stereocenters. The number of benzene rings is 3. The minimum atomic E-state index is -0.823. The van der Waals surface area contributed by atoms with Crippen molar-refractivity contribution in [2.75, 3.05) is 20.8 Å². The number of fused-ring (bicyclic) bond motifs is 1. The van der Waals surface area contributed by atoms with E-state index in [9.17, 15) is 19.1 Å². The smallest absolute Gasteiger partial charge is 0.295 e. The summed E-state index contributed by atoms with van der Waals surface area (Å²) in [6.07, 6.45) is 2.34. The maximum atomic E-state index is 13.5. The van der Waals surface area contributed by atoms with Gasteiger partial charge in [0.25, 0.3) is 11.7 Å². The maximum absolute atomic E-state index is 13.5. The van der Waals surface area contributed by atoms with Gasteiger partial charge < -0.3 is 24.5 Å². The molecule has 1 saturated heterocycles. The van der Waals surface area contributed by atoms with Crippen molar-refractivity contribution >= 4 is 28.4 Å². The predicted octanol–water partition coefficient (Wildman–Crippen LogP) is 4.99. The highest BCUT2D eigenvalue weighted by Gasteiger charge is 2.45. The number of nitrogens with zero attached hydrogens (tertiary/aromatic N) is 1. The van der Waals surface area contributed by atoms with Crippen LogP contribution in [0.2, 0.25) is 0 Å². The van der Waals surface area contributed by atoms with Crippen LogP contribution in [0, 0.1) is 5.82 Å². The molecule has 1 amide bonds. The minimum absolute atomic E-state index is 0.0395. The van der Waals surface area contributed by atoms with E-state index in [0.717, 1.165) is 16.5 Å². The molecule has 7 nitrogen and oxygen atoms in total. The van der Waals surface area contributed by atoms with Crippen LogP contribution in [0.3, 0.4) is 0 Å². The number of amides is 1. The van der Waals surface area contributed by atoms with Gasteiger partial charge in [0.05, 0.1) is 25.8 Å². The van der Waals surface area contributed by atoms with Crippen LogP contribution in [-0.4, -0.2) is 47.4 Å². The Bertz CT molecular complexity index is 1510. The van der Waals surface area contributed by atoms with Gasteiger partial charge in [-0.1, -0.05) is 12.1 Å². The van der Waals surface area contributed by atoms with Gasteiger partial charge in [-0.3, -0.25) is 9.59 Å². The number of ether oxygens (including phenoxy) is 2. The van der Waals surface area contributed by atoms with E-state index >= 15 is 0 Å². The molecule has 1 unspecified atom stereocenters. The zero-order valence-corrected chi connectivity index (χ0v) is 20.3. The second-order valence-corrected chi connectivity index (χ2v) is 8.75. The molecule has 2 heterocycles. The molecular weight excluding hydrogens is 475 g/mol. The normalized spacial score (nSPS) is 16.9. The van der Waals surface area contributed by atoms with E-state index in [1.165, 1.54) is 29.2 Å². The van der Waals surface area contributed by atoms with Crippen molar-refractivity contribution in [3.8, 4) is 11.5 Å². The number of methoxy groups -OCH3 is 2. The molecule has 5 rings (SSSR count). The molecule has 1 aromatic heterocycles. The lowest BCUT2D eigenvalue weighted by atomic mass is 9.95. The zero-order valence-electron chi connectivity index (χ0n) is 20.3. The fourth-order valence-electron chi connectivity index (χ4n) is 4.74. The highest BCUT2D eigenvalue weighted by Crippen LogP contribution is 2.40. The first-order valence-corrected chi connectivity index (χ1v) is 11.7. The van der Waals surface area contributed by atoms with E-state index in [-0.39, 0.29) is 23.4 Å². The summed E-state index contributed by atoms with van der Waals surface area (Å²) >= 11 is 0. The Morgan fingerprint density at radius 1 is 0.973 bits per heavy atom. The summed E-state index contributed by atoms with van der Waals surface area (Å²) < 4.78 is 24.1. The van der Waals surface area contributed by atoms with E-state index in [0.29, 0.717) is 23.5 Å². The van der Waals surface area contributed by atoms with Crippen molar-refractivity contribution in [2.24, 2.45) is 0 Å². The summed E-state index contributed by atoms with van der Waals surface area (Å²) in [5, 5.41) is 12.1. The first-order chi connectivity index (χ1) is 17.9. The molecule has 0 radical (unpaired) electrons. The molecule has 188 valence electrons. The fraction of sp³-hybridized carbons (Fsp3) is 0.172. The van der Waals surface area contributed by atoms with Crippen molar-refractivity contribution in [1.29, 1.82) is 0 Å². The van der Waals surface area contributed by atoms with Crippen LogP contribution in [0.1, 0.15) is 22.7 Å². The Kier molecular flexibility index (Phi) is 6.40. The second-order valence-electron chi connectivity index (χ2n) is 8.75. The van der Waals surface area contributed by atoms with Gasteiger partial charge in [-0.05, 0) is 72.1 Å². The third-order valence-electron chi connectivity index (χ3n) is 6.69. The van der Waals surface area contributed by atoms with Crippen molar-refractivity contribution in [1.82, 2.24) is 9.88 Å². The standard InChI is InChI=1S/C29H25FN2O5/c1-36-21-9-5-17(6-10-21)26-25(27(33)18-3-7-20(30)8-4-18)28(34)29(35)32(26)14-13-19-16-31-24-12-11-22(37-2)15-23(19)24/h3-12,15-16,26,31,33H,13-14H2,1-2H3/b27-25-. The van der Waals surface area contributed by atoms with Crippen LogP contribution in [0.5, 0.6) is 11.5 Å². The molecule has 37 heavy (non-hydrogen) atoms. The number of carbonyl (C=O) groups is 2. The molecular formula is C29H25FN2O5. The van der Waals surface area contributed by atoms with Crippen molar-refractivity contribution in [3.63, 3.8) is 0 Å². The van der Waals surface area contributed by atoms with Gasteiger partial charge in [0.1, 0.15) is 23.1 Å². The van der Waals surface area contributed by atoms with Crippen LogP contribution in [0.15, 0.2) is 78.5 Å². The SMILES string of the molecule is COc1ccc(C2/C(=C(/O)c3ccc(F)cc3)C(=O)C(=O)N2CCc2c[nH]c3ccc(OC)cc23)cc1. The van der Waals surface area contributed by atoms with Crippen LogP contribution in [-0.2, 0) is 16.0 Å². The number of rotatable bonds is 7. The fourth-order valence-corrected chi connectivity index (χ4v) is 4.74. The van der Waals surface area contributed by atoms with Gasteiger partial charge in [0.15, 0.2) is 0 Å². The molecule has 0 aliphatic carbocycles. The average molecular weight is 501 g/mol. The summed E-state index contributed by atoms with van der Waals surface area (Å²) in [6.45, 7) is 0.228. The first-order valence-electron chi connectivity index (χ1n) is 11.7. The third kappa shape index (κ3) is 4.42. The highest BCUT2D eigenvalue weighted by molar-refractivity contribution is 6.46. The molecule has 4 aromatic rings. The molecule has 1 aliphatic rings. The number of carbonyl (C=O) groups excluding carboxylic acids is 2. The lowest BCUT2D eigenvalue weighted by molar-refractivity contribution is -0.139. The van der Waals surface area contributed by atoms with Crippen molar-refractivity contribution in [3.05, 3.63) is 101 Å². The van der Waals surface area contributed by atoms with Crippen molar-refractivity contribution < 1.29 is 28.6 Å². The lowest BCUT2D eigenvalue weighted by Crippen LogP contribution is -2.31. The number of aromatic nitrogens is 1. The van der Waals surface area contributed by atoms with Gasteiger partial charge in [0, 0.05) is 29.2 Å². The summed E-state index contributed by atoms with van der Waals surface area (Å²) in [5.41, 5.74) is 2.75. The van der Waals surface area contributed by atoms with Crippen LogP contribution in [0.4, 0.5) is 4.39 Å². The van der Waals surface area contributed by atoms with E-state index in [1.807, 2.05) is 24.4 Å². The Labute approximate surface area is 212 Å². The van der Waals surface area contributed by atoms with Gasteiger partial charge in [-0.25, -0.2) is 4.39 Å². The Morgan fingerprint density at radius 3 is 2.32 bits per heavy atom. The number of Topliss-reactive ketones (excluding diaryl/α,β-unsaturated/α-hetero) is 1. The molecule has 1 aliphatic heterocycles. The number of halogens is 1. The zero-order chi connectivity index (χ0) is 26.1. The van der Waals surface area contributed by atoms with E-state index < -0.39 is 23.5 Å². The van der Waals surface area contributed by atoms with Gasteiger partial charge in [-0.15, -0.1) is 0 Å². The van der Waals surface area contributed by atoms with E-state index in [2.05, 4.69) is 4.98 Å². The summed E-state index contributed by atoms with van der Waals surface area (Å²) in [5.74, 6) is -0.985.